The van der Waals surface area contributed by atoms with Gasteiger partial charge in [0, 0.05) is 23.3 Å². The molecular formula is C16H19ClO3S. The lowest BCUT2D eigenvalue weighted by molar-refractivity contribution is -0.0734. The second-order valence-corrected chi connectivity index (χ2v) is 7.27. The van der Waals surface area contributed by atoms with Crippen molar-refractivity contribution in [1.82, 2.24) is 0 Å². The lowest BCUT2D eigenvalue weighted by Crippen LogP contribution is -2.42. The van der Waals surface area contributed by atoms with Crippen molar-refractivity contribution >= 4 is 29.1 Å². The molecule has 2 heterocycles. The molecule has 2 unspecified atom stereocenters. The molecular weight excluding hydrogens is 308 g/mol. The Labute approximate surface area is 134 Å². The van der Waals surface area contributed by atoms with Gasteiger partial charge in [0.1, 0.15) is 5.75 Å². The molecule has 21 heavy (non-hydrogen) atoms. The molecule has 2 fully saturated rings. The van der Waals surface area contributed by atoms with Crippen LogP contribution in [0.4, 0.5) is 0 Å². The van der Waals surface area contributed by atoms with Gasteiger partial charge >= 0.3 is 0 Å². The molecule has 2 saturated heterocycles. The Hall–Kier alpha value is -0.710. The van der Waals surface area contributed by atoms with Gasteiger partial charge in [0.2, 0.25) is 0 Å². The van der Waals surface area contributed by atoms with Gasteiger partial charge in [0.05, 0.1) is 18.3 Å². The molecule has 3 rings (SSSR count). The fourth-order valence-corrected chi connectivity index (χ4v) is 4.74. The van der Waals surface area contributed by atoms with E-state index in [0.717, 1.165) is 30.8 Å². The summed E-state index contributed by atoms with van der Waals surface area (Å²) in [6.07, 6.45) is 2.67. The van der Waals surface area contributed by atoms with E-state index < -0.39 is 0 Å². The molecule has 0 aliphatic carbocycles. The van der Waals surface area contributed by atoms with Crippen molar-refractivity contribution in [3.8, 4) is 5.75 Å². The Morgan fingerprint density at radius 1 is 1.52 bits per heavy atom. The number of carbonyl (C=O) groups excluding carboxylic acids is 1. The van der Waals surface area contributed by atoms with Crippen LogP contribution >= 0.6 is 23.4 Å². The van der Waals surface area contributed by atoms with Crippen LogP contribution in [-0.2, 0) is 4.74 Å². The van der Waals surface area contributed by atoms with Crippen molar-refractivity contribution in [1.29, 1.82) is 0 Å². The zero-order valence-corrected chi connectivity index (χ0v) is 13.6. The van der Waals surface area contributed by atoms with Gasteiger partial charge in [-0.2, -0.15) is 11.8 Å². The summed E-state index contributed by atoms with van der Waals surface area (Å²) in [5.74, 6) is 2.88. The molecule has 114 valence electrons. The highest BCUT2D eigenvalue weighted by Gasteiger charge is 2.42. The number of hydrogen-bond donors (Lipinski definition) is 0. The van der Waals surface area contributed by atoms with Gasteiger partial charge in [0.15, 0.2) is 5.78 Å². The van der Waals surface area contributed by atoms with E-state index >= 15 is 0 Å². The number of hydrogen-bond acceptors (Lipinski definition) is 4. The SMILES string of the molecule is COc1cc(Cl)ccc1C(=O)C1CCOC2(CCSC2)C1. The highest BCUT2D eigenvalue weighted by atomic mass is 35.5. The van der Waals surface area contributed by atoms with Crippen LogP contribution in [0.25, 0.3) is 0 Å². The van der Waals surface area contributed by atoms with Crippen molar-refractivity contribution in [3.63, 3.8) is 0 Å². The van der Waals surface area contributed by atoms with Gasteiger partial charge in [-0.05, 0) is 43.2 Å². The fraction of sp³-hybridized carbons (Fsp3) is 0.562. The summed E-state index contributed by atoms with van der Waals surface area (Å²) in [7, 11) is 1.57. The maximum atomic E-state index is 12.8. The van der Waals surface area contributed by atoms with E-state index in [0.29, 0.717) is 22.9 Å². The molecule has 0 bridgehead atoms. The van der Waals surface area contributed by atoms with Gasteiger partial charge < -0.3 is 9.47 Å². The van der Waals surface area contributed by atoms with Gasteiger partial charge in [-0.15, -0.1) is 0 Å². The van der Waals surface area contributed by atoms with Crippen molar-refractivity contribution < 1.29 is 14.3 Å². The third-order valence-electron chi connectivity index (χ3n) is 4.36. The first kappa shape index (κ1) is 15.2. The number of ether oxygens (including phenoxy) is 2. The fourth-order valence-electron chi connectivity index (χ4n) is 3.20. The predicted octanol–water partition coefficient (Wildman–Crippen LogP) is 3.83. The van der Waals surface area contributed by atoms with Crippen LogP contribution in [0.1, 0.15) is 29.6 Å². The average molecular weight is 327 g/mol. The number of ketones is 1. The Morgan fingerprint density at radius 2 is 2.38 bits per heavy atom. The second-order valence-electron chi connectivity index (χ2n) is 5.73. The number of Topliss-reactive ketones (excluding diaryl/α,β-unsaturated/α-hetero) is 1. The van der Waals surface area contributed by atoms with E-state index in [1.807, 2.05) is 11.8 Å². The van der Waals surface area contributed by atoms with Crippen molar-refractivity contribution in [2.24, 2.45) is 5.92 Å². The molecule has 0 amide bonds. The maximum absolute atomic E-state index is 12.8. The minimum Gasteiger partial charge on any atom is -0.496 e. The normalized spacial score (nSPS) is 28.8. The minimum atomic E-state index is -0.0805. The third-order valence-corrected chi connectivity index (χ3v) is 5.82. The smallest absolute Gasteiger partial charge is 0.169 e. The van der Waals surface area contributed by atoms with Crippen LogP contribution in [0.2, 0.25) is 5.02 Å². The summed E-state index contributed by atoms with van der Waals surface area (Å²) in [5.41, 5.74) is 0.553. The standard InChI is InChI=1S/C16H19ClO3S/c1-19-14-8-12(17)2-3-13(14)15(18)11-4-6-20-16(9-11)5-7-21-10-16/h2-3,8,11H,4-7,9-10H2,1H3. The van der Waals surface area contributed by atoms with Crippen LogP contribution in [0, 0.1) is 5.92 Å². The zero-order chi connectivity index (χ0) is 14.9. The molecule has 2 aliphatic rings. The monoisotopic (exact) mass is 326 g/mol. The summed E-state index contributed by atoms with van der Waals surface area (Å²) in [5, 5.41) is 0.582. The quantitative estimate of drug-likeness (QED) is 0.791. The summed E-state index contributed by atoms with van der Waals surface area (Å²) >= 11 is 7.89. The molecule has 2 atom stereocenters. The second kappa shape index (κ2) is 6.19. The molecule has 0 radical (unpaired) electrons. The van der Waals surface area contributed by atoms with Gasteiger partial charge in [0.25, 0.3) is 0 Å². The Balaban J connectivity index is 1.81. The molecule has 1 aromatic rings. The molecule has 1 spiro atoms. The van der Waals surface area contributed by atoms with Gasteiger partial charge in [-0.1, -0.05) is 11.6 Å². The van der Waals surface area contributed by atoms with Gasteiger partial charge in [-0.3, -0.25) is 4.79 Å². The van der Waals surface area contributed by atoms with E-state index in [4.69, 9.17) is 21.1 Å². The Bertz CT molecular complexity index is 540. The number of halogens is 1. The number of benzene rings is 1. The van der Waals surface area contributed by atoms with Crippen molar-refractivity contribution in [2.45, 2.75) is 24.9 Å². The van der Waals surface area contributed by atoms with Crippen LogP contribution in [-0.4, -0.2) is 36.6 Å². The van der Waals surface area contributed by atoms with Crippen LogP contribution in [0.15, 0.2) is 18.2 Å². The lowest BCUT2D eigenvalue weighted by atomic mass is 9.81. The molecule has 3 nitrogen and oxygen atoms in total. The number of thioether (sulfide) groups is 1. The molecule has 2 aliphatic heterocycles. The van der Waals surface area contributed by atoms with E-state index in [2.05, 4.69) is 0 Å². The molecule has 0 N–H and O–H groups in total. The largest absolute Gasteiger partial charge is 0.496 e. The van der Waals surface area contributed by atoms with Crippen molar-refractivity contribution in [3.05, 3.63) is 28.8 Å². The summed E-state index contributed by atoms with van der Waals surface area (Å²) in [6, 6.07) is 5.22. The zero-order valence-electron chi connectivity index (χ0n) is 12.1. The number of rotatable bonds is 3. The number of methoxy groups -OCH3 is 1. The van der Waals surface area contributed by atoms with E-state index in [-0.39, 0.29) is 17.3 Å². The summed E-state index contributed by atoms with van der Waals surface area (Å²) in [6.45, 7) is 0.673. The van der Waals surface area contributed by atoms with Crippen LogP contribution in [0.5, 0.6) is 5.75 Å². The molecule has 0 aromatic heterocycles. The van der Waals surface area contributed by atoms with E-state index in [1.54, 1.807) is 25.3 Å². The molecule has 5 heteroatoms. The molecule has 1 aromatic carbocycles. The maximum Gasteiger partial charge on any atom is 0.169 e. The third kappa shape index (κ3) is 3.08. The first-order chi connectivity index (χ1) is 10.1. The van der Waals surface area contributed by atoms with Crippen LogP contribution < -0.4 is 4.74 Å². The Morgan fingerprint density at radius 3 is 3.10 bits per heavy atom. The van der Waals surface area contributed by atoms with Gasteiger partial charge in [-0.25, -0.2) is 0 Å². The van der Waals surface area contributed by atoms with E-state index in [1.165, 1.54) is 0 Å². The average Bonchev–Trinajstić information content (AvgIpc) is 2.94. The summed E-state index contributed by atoms with van der Waals surface area (Å²) < 4.78 is 11.3. The highest BCUT2D eigenvalue weighted by Crippen LogP contribution is 2.41. The van der Waals surface area contributed by atoms with E-state index in [9.17, 15) is 4.79 Å². The van der Waals surface area contributed by atoms with Crippen molar-refractivity contribution in [2.75, 3.05) is 25.2 Å². The first-order valence-electron chi connectivity index (χ1n) is 7.23. The summed E-state index contributed by atoms with van der Waals surface area (Å²) in [4.78, 5) is 12.8. The first-order valence-corrected chi connectivity index (χ1v) is 8.76. The Kier molecular flexibility index (Phi) is 4.48. The number of carbonyl (C=O) groups is 1. The van der Waals surface area contributed by atoms with Crippen LogP contribution in [0.3, 0.4) is 0 Å². The minimum absolute atomic E-state index is 0.0209. The predicted molar refractivity (Wildman–Crippen MR) is 85.7 cm³/mol. The molecule has 0 saturated carbocycles. The highest BCUT2D eigenvalue weighted by molar-refractivity contribution is 7.99. The topological polar surface area (TPSA) is 35.5 Å². The lowest BCUT2D eigenvalue weighted by Gasteiger charge is -2.37.